The number of hydrogen-bond acceptors (Lipinski definition) is 7. The van der Waals surface area contributed by atoms with Gasteiger partial charge in [0.25, 0.3) is 0 Å². The number of aliphatic hydroxyl groups is 2. The van der Waals surface area contributed by atoms with Gasteiger partial charge in [0.2, 0.25) is 0 Å². The zero-order chi connectivity index (χ0) is 42.1. The molecule has 0 unspecified atom stereocenters. The first-order valence-electron chi connectivity index (χ1n) is 21.9. The Hall–Kier alpha value is -4.20. The molecule has 0 radical (unpaired) electrons. The molecule has 4 rings (SSSR count). The van der Waals surface area contributed by atoms with Crippen LogP contribution in [0.15, 0.2) is 78.9 Å². The second kappa shape index (κ2) is 23.4. The number of benzene rings is 3. The number of aryl methyl sites for hydroxylation is 3. The summed E-state index contributed by atoms with van der Waals surface area (Å²) in [6.45, 7) is 17.8. The van der Waals surface area contributed by atoms with Gasteiger partial charge in [0.1, 0.15) is 5.75 Å². The molecule has 2 N–H and O–H groups in total. The van der Waals surface area contributed by atoms with E-state index in [1.807, 2.05) is 6.92 Å². The molecule has 0 spiro atoms. The van der Waals surface area contributed by atoms with Crippen LogP contribution in [0, 0.1) is 11.3 Å². The second-order valence-electron chi connectivity index (χ2n) is 16.7. The number of rotatable bonds is 24. The zero-order valence-corrected chi connectivity index (χ0v) is 36.1. The highest BCUT2D eigenvalue weighted by molar-refractivity contribution is 5.87. The summed E-state index contributed by atoms with van der Waals surface area (Å²) in [4.78, 5) is 24.4. The van der Waals surface area contributed by atoms with Gasteiger partial charge >= 0.3 is 11.9 Å². The smallest absolute Gasteiger partial charge is 0.333 e. The van der Waals surface area contributed by atoms with Crippen LogP contribution in [0.2, 0.25) is 0 Å². The fraction of sp³-hybridized carbons (Fsp3) is 0.529. The van der Waals surface area contributed by atoms with Gasteiger partial charge in [0.05, 0.1) is 33.0 Å². The number of esters is 2. The Morgan fingerprint density at radius 3 is 1.74 bits per heavy atom. The maximum atomic E-state index is 12.2. The van der Waals surface area contributed by atoms with Crippen molar-refractivity contribution < 1.29 is 34.0 Å². The lowest BCUT2D eigenvalue weighted by molar-refractivity contribution is -0.139. The van der Waals surface area contributed by atoms with Crippen LogP contribution >= 0.6 is 0 Å². The molecule has 7 heteroatoms. The molecule has 7 nitrogen and oxygen atoms in total. The summed E-state index contributed by atoms with van der Waals surface area (Å²) in [7, 11) is 0. The Labute approximate surface area is 348 Å². The lowest BCUT2D eigenvalue weighted by atomic mass is 9.77. The highest BCUT2D eigenvalue weighted by Gasteiger charge is 2.28. The van der Waals surface area contributed by atoms with Crippen LogP contribution < -0.4 is 4.74 Å². The molecule has 1 aliphatic carbocycles. The number of aliphatic hydroxyl groups excluding tert-OH is 2. The van der Waals surface area contributed by atoms with Crippen LogP contribution in [-0.2, 0) is 38.3 Å². The minimum atomic E-state index is -0.631. The van der Waals surface area contributed by atoms with Crippen molar-refractivity contribution in [3.05, 3.63) is 101 Å². The molecule has 0 bridgehead atoms. The minimum absolute atomic E-state index is 0.124. The van der Waals surface area contributed by atoms with E-state index >= 15 is 0 Å². The molecule has 1 aliphatic rings. The number of carbonyl (C=O) groups excluding carboxylic acids is 2. The molecule has 3 aromatic carbocycles. The van der Waals surface area contributed by atoms with Gasteiger partial charge in [0, 0.05) is 16.6 Å². The summed E-state index contributed by atoms with van der Waals surface area (Å²) in [5.41, 5.74) is 9.38. The first-order valence-corrected chi connectivity index (χ1v) is 21.9. The van der Waals surface area contributed by atoms with Crippen molar-refractivity contribution in [1.82, 2.24) is 0 Å². The Bertz CT molecular complexity index is 1740. The largest absolute Gasteiger partial charge is 0.493 e. The fourth-order valence-corrected chi connectivity index (χ4v) is 8.45. The van der Waals surface area contributed by atoms with Gasteiger partial charge in [-0.2, -0.15) is 0 Å². The van der Waals surface area contributed by atoms with Gasteiger partial charge in [-0.15, -0.1) is 0 Å². The van der Waals surface area contributed by atoms with Gasteiger partial charge < -0.3 is 24.4 Å². The quantitative estimate of drug-likeness (QED) is 0.0529. The molecule has 0 aliphatic heterocycles. The maximum Gasteiger partial charge on any atom is 0.333 e. The Kier molecular flexibility index (Phi) is 18.8. The third-order valence-electron chi connectivity index (χ3n) is 12.0. The SMILES string of the molecule is C=C(C)C(=O)OCCCc1cc(-c2ccc(-c3ccc(C4CCC(CCC)CC4)cc3)cc2CC)cc(CCCOC(=O)C(=C)C)c1OCCC(CO)(CO)CCC. The fourth-order valence-electron chi connectivity index (χ4n) is 8.45. The van der Waals surface area contributed by atoms with E-state index in [1.165, 1.54) is 60.8 Å². The number of hydrogen-bond donors (Lipinski definition) is 2. The summed E-state index contributed by atoms with van der Waals surface area (Å²) in [5, 5.41) is 20.5. The maximum absolute atomic E-state index is 12.2. The first kappa shape index (κ1) is 46.5. The van der Waals surface area contributed by atoms with Crippen molar-refractivity contribution in [1.29, 1.82) is 0 Å². The van der Waals surface area contributed by atoms with Crippen molar-refractivity contribution in [3.8, 4) is 28.0 Å². The molecule has 0 atom stereocenters. The van der Waals surface area contributed by atoms with Crippen LogP contribution in [0.25, 0.3) is 22.3 Å². The average Bonchev–Trinajstić information content (AvgIpc) is 3.24. The van der Waals surface area contributed by atoms with Crippen LogP contribution in [0.3, 0.4) is 0 Å². The average molecular weight is 795 g/mol. The summed E-state index contributed by atoms with van der Waals surface area (Å²) in [6.07, 6.45) is 13.1. The Morgan fingerprint density at radius 1 is 0.690 bits per heavy atom. The lowest BCUT2D eigenvalue weighted by Gasteiger charge is -2.30. The first-order chi connectivity index (χ1) is 28.0. The van der Waals surface area contributed by atoms with E-state index in [0.717, 1.165) is 46.8 Å². The summed E-state index contributed by atoms with van der Waals surface area (Å²) in [5.74, 6) is 1.48. The van der Waals surface area contributed by atoms with E-state index in [0.29, 0.717) is 62.2 Å². The highest BCUT2D eigenvalue weighted by Crippen LogP contribution is 2.40. The predicted octanol–water partition coefficient (Wildman–Crippen LogP) is 11.3. The minimum Gasteiger partial charge on any atom is -0.493 e. The molecule has 0 amide bonds. The van der Waals surface area contributed by atoms with Gasteiger partial charge in [0.15, 0.2) is 0 Å². The molecular formula is C51H70O7. The van der Waals surface area contributed by atoms with Crippen molar-refractivity contribution in [2.75, 3.05) is 33.0 Å². The number of ether oxygens (including phenoxy) is 3. The van der Waals surface area contributed by atoms with Crippen molar-refractivity contribution in [3.63, 3.8) is 0 Å². The topological polar surface area (TPSA) is 102 Å². The molecule has 3 aromatic rings. The van der Waals surface area contributed by atoms with Crippen LogP contribution in [-0.4, -0.2) is 55.2 Å². The number of carbonyl (C=O) groups is 2. The lowest BCUT2D eigenvalue weighted by Crippen LogP contribution is -2.31. The van der Waals surface area contributed by atoms with E-state index in [4.69, 9.17) is 14.2 Å². The van der Waals surface area contributed by atoms with Crippen molar-refractivity contribution in [2.45, 2.75) is 130 Å². The van der Waals surface area contributed by atoms with E-state index in [-0.39, 0.29) is 26.4 Å². The normalized spacial score (nSPS) is 15.5. The van der Waals surface area contributed by atoms with Gasteiger partial charge in [-0.05, 0) is 153 Å². The molecular weight excluding hydrogens is 725 g/mol. The van der Waals surface area contributed by atoms with Crippen molar-refractivity contribution in [2.24, 2.45) is 11.3 Å². The van der Waals surface area contributed by atoms with Crippen molar-refractivity contribution >= 4 is 11.9 Å². The van der Waals surface area contributed by atoms with Gasteiger partial charge in [-0.3, -0.25) is 0 Å². The second-order valence-corrected chi connectivity index (χ2v) is 16.7. The van der Waals surface area contributed by atoms with Gasteiger partial charge in [-0.1, -0.05) is 95.7 Å². The molecule has 0 heterocycles. The molecule has 1 fully saturated rings. The molecule has 0 aromatic heterocycles. The molecule has 316 valence electrons. The Morgan fingerprint density at radius 2 is 1.24 bits per heavy atom. The summed E-state index contributed by atoms with van der Waals surface area (Å²) in [6, 6.07) is 20.4. The predicted molar refractivity (Wildman–Crippen MR) is 236 cm³/mol. The molecule has 0 saturated heterocycles. The molecule has 1 saturated carbocycles. The summed E-state index contributed by atoms with van der Waals surface area (Å²) >= 11 is 0. The van der Waals surface area contributed by atoms with E-state index < -0.39 is 17.4 Å². The zero-order valence-electron chi connectivity index (χ0n) is 36.1. The van der Waals surface area contributed by atoms with E-state index in [1.54, 1.807) is 13.8 Å². The summed E-state index contributed by atoms with van der Waals surface area (Å²) < 4.78 is 17.6. The Balaban J connectivity index is 1.68. The monoisotopic (exact) mass is 795 g/mol. The van der Waals surface area contributed by atoms with Crippen LogP contribution in [0.1, 0.15) is 133 Å². The third kappa shape index (κ3) is 13.2. The van der Waals surface area contributed by atoms with Crippen LogP contribution in [0.4, 0.5) is 0 Å². The van der Waals surface area contributed by atoms with E-state index in [2.05, 4.69) is 81.6 Å². The third-order valence-corrected chi connectivity index (χ3v) is 12.0. The molecule has 58 heavy (non-hydrogen) atoms. The van der Waals surface area contributed by atoms with E-state index in [9.17, 15) is 19.8 Å². The van der Waals surface area contributed by atoms with Gasteiger partial charge in [-0.25, -0.2) is 9.59 Å². The standard InChI is InChI=1S/C51H70O7/c1-8-13-38-16-18-40(19-17-38)41-20-22-42(23-21-41)43-24-25-47(39(10-3)31-43)46-32-44(14-11-28-57-49(54)36(4)5)48(56-30-27-51(34-52,35-53)26-9-2)45(33-46)15-12-29-58-50(55)37(6)7/h20-25,31-33,38,40,52-53H,4,6,8-19,26-30,34-35H2,1-3,5,7H3. The van der Waals surface area contributed by atoms with Crippen LogP contribution in [0.5, 0.6) is 5.75 Å². The highest BCUT2D eigenvalue weighted by atomic mass is 16.5.